The molecule has 1 aliphatic heterocycles. The molecular formula is C10H17F2N. The fourth-order valence-corrected chi connectivity index (χ4v) is 2.76. The second kappa shape index (κ2) is 2.91. The van der Waals surface area contributed by atoms with Crippen LogP contribution in [0, 0.1) is 5.41 Å². The molecule has 0 aromatic carbocycles. The van der Waals surface area contributed by atoms with Gasteiger partial charge in [-0.05, 0) is 45.8 Å². The largest absolute Gasteiger partial charge is 0.306 e. The van der Waals surface area contributed by atoms with E-state index < -0.39 is 11.3 Å². The maximum atomic E-state index is 13.6. The van der Waals surface area contributed by atoms with Gasteiger partial charge in [0.15, 0.2) is 0 Å². The number of hydrogen-bond donors (Lipinski definition) is 0. The van der Waals surface area contributed by atoms with Crippen molar-refractivity contribution in [1.29, 1.82) is 0 Å². The minimum atomic E-state index is -2.38. The Kier molecular flexibility index (Phi) is 2.10. The summed E-state index contributed by atoms with van der Waals surface area (Å²) in [6, 6.07) is 0. The van der Waals surface area contributed by atoms with Crippen LogP contribution in [-0.4, -0.2) is 31.0 Å². The second-order valence-electron chi connectivity index (χ2n) is 4.64. The summed E-state index contributed by atoms with van der Waals surface area (Å²) in [5.41, 5.74) is -0.625. The summed E-state index contributed by atoms with van der Waals surface area (Å²) >= 11 is 0. The van der Waals surface area contributed by atoms with Crippen molar-refractivity contribution in [1.82, 2.24) is 4.90 Å². The molecule has 1 spiro atoms. The van der Waals surface area contributed by atoms with Crippen LogP contribution in [0.15, 0.2) is 0 Å². The molecule has 0 unspecified atom stereocenters. The molecule has 1 saturated heterocycles. The molecule has 2 rings (SSSR count). The van der Waals surface area contributed by atoms with Crippen molar-refractivity contribution in [2.45, 2.75) is 38.0 Å². The number of alkyl halides is 2. The third-order valence-corrected chi connectivity index (χ3v) is 3.87. The summed E-state index contributed by atoms with van der Waals surface area (Å²) < 4.78 is 27.2. The van der Waals surface area contributed by atoms with Gasteiger partial charge in [-0.3, -0.25) is 0 Å². The van der Waals surface area contributed by atoms with E-state index in [0.29, 0.717) is 12.8 Å². The van der Waals surface area contributed by atoms with Gasteiger partial charge in [0.25, 0.3) is 5.92 Å². The average Bonchev–Trinajstić information content (AvgIpc) is 2.34. The zero-order chi connectivity index (χ0) is 9.53. The molecule has 1 nitrogen and oxygen atoms in total. The Morgan fingerprint density at radius 1 is 1.00 bits per heavy atom. The van der Waals surface area contributed by atoms with Crippen molar-refractivity contribution in [3.05, 3.63) is 0 Å². The van der Waals surface area contributed by atoms with Crippen molar-refractivity contribution in [2.24, 2.45) is 5.41 Å². The molecule has 3 heteroatoms. The van der Waals surface area contributed by atoms with Gasteiger partial charge in [0.05, 0.1) is 0 Å². The standard InChI is InChI=1S/C10H17F2N/c1-13-7-5-9(6-8-13)3-2-4-10(9,11)12/h2-8H2,1H3. The molecule has 1 aliphatic carbocycles. The first-order valence-electron chi connectivity index (χ1n) is 5.12. The lowest BCUT2D eigenvalue weighted by molar-refractivity contribution is -0.121. The molecule has 76 valence electrons. The van der Waals surface area contributed by atoms with E-state index in [0.717, 1.165) is 25.9 Å². The molecule has 1 heterocycles. The van der Waals surface area contributed by atoms with Crippen LogP contribution < -0.4 is 0 Å². The van der Waals surface area contributed by atoms with E-state index in [1.807, 2.05) is 7.05 Å². The van der Waals surface area contributed by atoms with Gasteiger partial charge in [-0.15, -0.1) is 0 Å². The van der Waals surface area contributed by atoms with Gasteiger partial charge in [-0.2, -0.15) is 0 Å². The number of likely N-dealkylation sites (tertiary alicyclic amines) is 1. The normalized spacial score (nSPS) is 32.5. The minimum Gasteiger partial charge on any atom is -0.306 e. The average molecular weight is 189 g/mol. The fraction of sp³-hybridized carbons (Fsp3) is 1.00. The molecule has 13 heavy (non-hydrogen) atoms. The smallest absolute Gasteiger partial charge is 0.253 e. The lowest BCUT2D eigenvalue weighted by Crippen LogP contribution is -2.45. The van der Waals surface area contributed by atoms with Crippen molar-refractivity contribution in [3.63, 3.8) is 0 Å². The third kappa shape index (κ3) is 1.37. The van der Waals surface area contributed by atoms with Crippen molar-refractivity contribution < 1.29 is 8.78 Å². The van der Waals surface area contributed by atoms with Gasteiger partial charge in [0, 0.05) is 11.8 Å². The Morgan fingerprint density at radius 3 is 2.08 bits per heavy atom. The fourth-order valence-electron chi connectivity index (χ4n) is 2.76. The molecular weight excluding hydrogens is 172 g/mol. The highest BCUT2D eigenvalue weighted by atomic mass is 19.3. The highest BCUT2D eigenvalue weighted by molar-refractivity contribution is 5.00. The molecule has 0 aromatic rings. The lowest BCUT2D eigenvalue weighted by Gasteiger charge is -2.41. The monoisotopic (exact) mass is 189 g/mol. The van der Waals surface area contributed by atoms with Crippen molar-refractivity contribution >= 4 is 0 Å². The Bertz CT molecular complexity index is 195. The Morgan fingerprint density at radius 2 is 1.62 bits per heavy atom. The topological polar surface area (TPSA) is 3.24 Å². The first-order valence-corrected chi connectivity index (χ1v) is 5.12. The van der Waals surface area contributed by atoms with Gasteiger partial charge in [-0.25, -0.2) is 8.78 Å². The predicted molar refractivity (Wildman–Crippen MR) is 48.0 cm³/mol. The zero-order valence-corrected chi connectivity index (χ0v) is 8.15. The van der Waals surface area contributed by atoms with Gasteiger partial charge >= 0.3 is 0 Å². The SMILES string of the molecule is CN1CCC2(CCCC2(F)F)CC1. The van der Waals surface area contributed by atoms with Crippen LogP contribution in [0.3, 0.4) is 0 Å². The molecule has 2 aliphatic rings. The predicted octanol–water partition coefficient (Wildman–Crippen LogP) is 2.52. The second-order valence-corrected chi connectivity index (χ2v) is 4.64. The third-order valence-electron chi connectivity index (χ3n) is 3.87. The van der Waals surface area contributed by atoms with E-state index in [9.17, 15) is 8.78 Å². The van der Waals surface area contributed by atoms with E-state index in [2.05, 4.69) is 4.90 Å². The molecule has 0 aromatic heterocycles. The van der Waals surface area contributed by atoms with Crippen LogP contribution >= 0.6 is 0 Å². The highest BCUT2D eigenvalue weighted by Gasteiger charge is 2.56. The molecule has 2 fully saturated rings. The van der Waals surface area contributed by atoms with E-state index in [1.54, 1.807) is 0 Å². The Labute approximate surface area is 78.1 Å². The number of piperidine rings is 1. The summed E-state index contributed by atoms with van der Waals surface area (Å²) in [7, 11) is 2.01. The van der Waals surface area contributed by atoms with Crippen molar-refractivity contribution in [3.8, 4) is 0 Å². The minimum absolute atomic E-state index is 0.122. The van der Waals surface area contributed by atoms with E-state index >= 15 is 0 Å². The van der Waals surface area contributed by atoms with E-state index in [1.165, 1.54) is 0 Å². The zero-order valence-electron chi connectivity index (χ0n) is 8.15. The van der Waals surface area contributed by atoms with Gasteiger partial charge in [0.2, 0.25) is 0 Å². The van der Waals surface area contributed by atoms with Gasteiger partial charge < -0.3 is 4.90 Å². The summed E-state index contributed by atoms with van der Waals surface area (Å²) in [6.07, 6.45) is 2.97. The quantitative estimate of drug-likeness (QED) is 0.566. The first kappa shape index (κ1) is 9.38. The first-order chi connectivity index (χ1) is 6.06. The molecule has 0 amide bonds. The number of halogens is 2. The van der Waals surface area contributed by atoms with Crippen LogP contribution in [0.5, 0.6) is 0 Å². The molecule has 0 radical (unpaired) electrons. The number of hydrogen-bond acceptors (Lipinski definition) is 1. The number of rotatable bonds is 0. The van der Waals surface area contributed by atoms with Crippen LogP contribution in [0.2, 0.25) is 0 Å². The Hall–Kier alpha value is -0.180. The molecule has 0 atom stereocenters. The van der Waals surface area contributed by atoms with Crippen LogP contribution in [0.1, 0.15) is 32.1 Å². The summed E-state index contributed by atoms with van der Waals surface area (Å²) in [5.74, 6) is -2.38. The van der Waals surface area contributed by atoms with E-state index in [4.69, 9.17) is 0 Å². The van der Waals surface area contributed by atoms with Gasteiger partial charge in [-0.1, -0.05) is 0 Å². The van der Waals surface area contributed by atoms with Crippen molar-refractivity contribution in [2.75, 3.05) is 20.1 Å². The number of nitrogens with zero attached hydrogens (tertiary/aromatic N) is 1. The van der Waals surface area contributed by atoms with Crippen LogP contribution in [0.25, 0.3) is 0 Å². The maximum Gasteiger partial charge on any atom is 0.253 e. The van der Waals surface area contributed by atoms with E-state index in [-0.39, 0.29) is 6.42 Å². The lowest BCUT2D eigenvalue weighted by atomic mass is 9.75. The van der Waals surface area contributed by atoms with Crippen LogP contribution in [-0.2, 0) is 0 Å². The maximum absolute atomic E-state index is 13.6. The highest BCUT2D eigenvalue weighted by Crippen LogP contribution is 2.55. The molecule has 0 N–H and O–H groups in total. The summed E-state index contributed by atoms with van der Waals surface area (Å²) in [5, 5.41) is 0. The Balaban J connectivity index is 2.12. The summed E-state index contributed by atoms with van der Waals surface area (Å²) in [6.45, 7) is 1.69. The van der Waals surface area contributed by atoms with Crippen LogP contribution in [0.4, 0.5) is 8.78 Å². The summed E-state index contributed by atoms with van der Waals surface area (Å²) in [4.78, 5) is 2.15. The molecule has 0 bridgehead atoms. The molecule has 1 saturated carbocycles. The van der Waals surface area contributed by atoms with Gasteiger partial charge in [0.1, 0.15) is 0 Å².